The molecule has 1 saturated heterocycles. The monoisotopic (exact) mass is 330 g/mol. The molecule has 0 aromatic heterocycles. The van der Waals surface area contributed by atoms with E-state index in [0.29, 0.717) is 18.6 Å². The Balaban J connectivity index is 2.40. The highest BCUT2D eigenvalue weighted by molar-refractivity contribution is 7.89. The van der Waals surface area contributed by atoms with E-state index in [1.165, 1.54) is 37.9 Å². The zero-order chi connectivity index (χ0) is 16.3. The van der Waals surface area contributed by atoms with E-state index in [0.717, 1.165) is 4.31 Å². The standard InChI is InChI=1S/C13H18N2O6S/c1-20-11-6-5-9(8-12(11)21-2)22(18,19)15-7-3-4-10(15)13(16)14-17/h5-6,8,10,17H,3-4,7H2,1-2H3,(H,14,16). The van der Waals surface area contributed by atoms with Gasteiger partial charge < -0.3 is 9.47 Å². The molecule has 1 aromatic rings. The number of carbonyl (C=O) groups is 1. The lowest BCUT2D eigenvalue weighted by atomic mass is 10.2. The zero-order valence-electron chi connectivity index (χ0n) is 12.3. The Hall–Kier alpha value is -1.84. The normalized spacial score (nSPS) is 19.0. The summed E-state index contributed by atoms with van der Waals surface area (Å²) in [7, 11) is -1.01. The van der Waals surface area contributed by atoms with Crippen LogP contribution in [0.5, 0.6) is 11.5 Å². The van der Waals surface area contributed by atoms with E-state index in [4.69, 9.17) is 14.7 Å². The predicted octanol–water partition coefficient (Wildman–Crippen LogP) is 0.362. The van der Waals surface area contributed by atoms with Gasteiger partial charge in [0.1, 0.15) is 6.04 Å². The van der Waals surface area contributed by atoms with Gasteiger partial charge in [0.2, 0.25) is 10.0 Å². The average molecular weight is 330 g/mol. The molecule has 1 amide bonds. The number of hydroxylamine groups is 1. The molecule has 0 spiro atoms. The number of nitrogens with zero attached hydrogens (tertiary/aromatic N) is 1. The number of hydrogen-bond donors (Lipinski definition) is 2. The molecule has 0 saturated carbocycles. The van der Waals surface area contributed by atoms with Gasteiger partial charge in [-0.2, -0.15) is 4.31 Å². The number of hydrogen-bond acceptors (Lipinski definition) is 6. The van der Waals surface area contributed by atoms with E-state index in [2.05, 4.69) is 0 Å². The SMILES string of the molecule is COc1ccc(S(=O)(=O)N2CCCC2C(=O)NO)cc1OC. The molecule has 1 aromatic carbocycles. The van der Waals surface area contributed by atoms with Gasteiger partial charge in [-0.1, -0.05) is 0 Å². The van der Waals surface area contributed by atoms with Crippen LogP contribution in [0.3, 0.4) is 0 Å². The summed E-state index contributed by atoms with van der Waals surface area (Å²) in [4.78, 5) is 11.6. The van der Waals surface area contributed by atoms with Gasteiger partial charge in [0.05, 0.1) is 19.1 Å². The van der Waals surface area contributed by atoms with Crippen molar-refractivity contribution >= 4 is 15.9 Å². The first-order chi connectivity index (χ1) is 10.5. The highest BCUT2D eigenvalue weighted by Crippen LogP contribution is 2.32. The predicted molar refractivity (Wildman–Crippen MR) is 76.4 cm³/mol. The molecule has 0 radical (unpaired) electrons. The molecular formula is C13H18N2O6S. The molecule has 22 heavy (non-hydrogen) atoms. The van der Waals surface area contributed by atoms with Gasteiger partial charge in [0, 0.05) is 12.6 Å². The van der Waals surface area contributed by atoms with Crippen LogP contribution in [0.2, 0.25) is 0 Å². The van der Waals surface area contributed by atoms with Gasteiger partial charge >= 0.3 is 0 Å². The minimum absolute atomic E-state index is 0.00258. The average Bonchev–Trinajstić information content (AvgIpc) is 3.03. The summed E-state index contributed by atoms with van der Waals surface area (Å²) in [6.45, 7) is 0.217. The molecule has 2 rings (SSSR count). The van der Waals surface area contributed by atoms with Crippen LogP contribution >= 0.6 is 0 Å². The lowest BCUT2D eigenvalue weighted by Crippen LogP contribution is -2.44. The molecule has 2 N–H and O–H groups in total. The molecule has 9 heteroatoms. The fraction of sp³-hybridized carbons (Fsp3) is 0.462. The number of methoxy groups -OCH3 is 2. The van der Waals surface area contributed by atoms with Crippen molar-refractivity contribution < 1.29 is 27.9 Å². The molecule has 1 atom stereocenters. The molecule has 1 unspecified atom stereocenters. The van der Waals surface area contributed by atoms with Crippen molar-refractivity contribution in [2.75, 3.05) is 20.8 Å². The van der Waals surface area contributed by atoms with Crippen molar-refractivity contribution in [2.24, 2.45) is 0 Å². The first-order valence-electron chi connectivity index (χ1n) is 6.63. The quantitative estimate of drug-likeness (QED) is 0.597. The van der Waals surface area contributed by atoms with Crippen molar-refractivity contribution in [3.8, 4) is 11.5 Å². The van der Waals surface area contributed by atoms with Gasteiger partial charge in [0.15, 0.2) is 11.5 Å². The van der Waals surface area contributed by atoms with Gasteiger partial charge in [-0.05, 0) is 25.0 Å². The van der Waals surface area contributed by atoms with Gasteiger partial charge in [0.25, 0.3) is 5.91 Å². The van der Waals surface area contributed by atoms with Gasteiger partial charge in [-0.3, -0.25) is 10.0 Å². The second-order valence-electron chi connectivity index (χ2n) is 4.77. The summed E-state index contributed by atoms with van der Waals surface area (Å²) < 4.78 is 36.7. The van der Waals surface area contributed by atoms with Crippen LogP contribution in [0.15, 0.2) is 23.1 Å². The topological polar surface area (TPSA) is 105 Å². The van der Waals surface area contributed by atoms with E-state index in [1.807, 2.05) is 0 Å². The molecule has 0 aliphatic carbocycles. The van der Waals surface area contributed by atoms with E-state index in [1.54, 1.807) is 0 Å². The molecule has 1 heterocycles. The summed E-state index contributed by atoms with van der Waals surface area (Å²) in [6.07, 6.45) is 0.906. The summed E-state index contributed by atoms with van der Waals surface area (Å²) in [6, 6.07) is 3.31. The summed E-state index contributed by atoms with van der Waals surface area (Å²) in [5.74, 6) is -0.0417. The van der Waals surface area contributed by atoms with Crippen molar-refractivity contribution in [3.63, 3.8) is 0 Å². The molecule has 1 aliphatic heterocycles. The molecule has 122 valence electrons. The second kappa shape index (κ2) is 6.51. The smallest absolute Gasteiger partial charge is 0.261 e. The summed E-state index contributed by atoms with van der Waals surface area (Å²) in [5.41, 5.74) is 1.51. The van der Waals surface area contributed by atoms with Crippen LogP contribution in [-0.4, -0.2) is 50.6 Å². The largest absolute Gasteiger partial charge is 0.493 e. The van der Waals surface area contributed by atoms with Crippen molar-refractivity contribution in [3.05, 3.63) is 18.2 Å². The number of amides is 1. The van der Waals surface area contributed by atoms with Gasteiger partial charge in [-0.25, -0.2) is 13.9 Å². The fourth-order valence-corrected chi connectivity index (χ4v) is 4.15. The lowest BCUT2D eigenvalue weighted by molar-refractivity contribution is -0.132. The number of nitrogens with one attached hydrogen (secondary N) is 1. The highest BCUT2D eigenvalue weighted by Gasteiger charge is 2.39. The second-order valence-corrected chi connectivity index (χ2v) is 6.66. The Labute approximate surface area is 128 Å². The Morgan fingerprint density at radius 3 is 2.59 bits per heavy atom. The summed E-state index contributed by atoms with van der Waals surface area (Å²) in [5, 5.41) is 8.74. The fourth-order valence-electron chi connectivity index (χ4n) is 2.48. The first kappa shape index (κ1) is 16.5. The van der Waals surface area contributed by atoms with E-state index in [9.17, 15) is 13.2 Å². The van der Waals surface area contributed by atoms with Gasteiger partial charge in [-0.15, -0.1) is 0 Å². The first-order valence-corrected chi connectivity index (χ1v) is 8.07. The minimum atomic E-state index is -3.87. The van der Waals surface area contributed by atoms with Crippen molar-refractivity contribution in [2.45, 2.75) is 23.8 Å². The molecule has 0 bridgehead atoms. The van der Waals surface area contributed by atoms with Crippen LogP contribution in [-0.2, 0) is 14.8 Å². The Morgan fingerprint density at radius 2 is 2.00 bits per heavy atom. The number of benzene rings is 1. The molecule has 1 fully saturated rings. The van der Waals surface area contributed by atoms with E-state index >= 15 is 0 Å². The third kappa shape index (κ3) is 2.87. The van der Waals surface area contributed by atoms with E-state index < -0.39 is 22.0 Å². The third-order valence-electron chi connectivity index (χ3n) is 3.58. The van der Waals surface area contributed by atoms with Crippen LogP contribution in [0, 0.1) is 0 Å². The van der Waals surface area contributed by atoms with Crippen molar-refractivity contribution in [1.82, 2.24) is 9.79 Å². The number of carbonyl (C=O) groups excluding carboxylic acids is 1. The Kier molecular flexibility index (Phi) is 4.89. The maximum absolute atomic E-state index is 12.7. The van der Waals surface area contributed by atoms with Crippen LogP contribution in [0.1, 0.15) is 12.8 Å². The summed E-state index contributed by atoms with van der Waals surface area (Å²) >= 11 is 0. The lowest BCUT2D eigenvalue weighted by Gasteiger charge is -2.22. The number of ether oxygens (including phenoxy) is 2. The number of rotatable bonds is 5. The highest BCUT2D eigenvalue weighted by atomic mass is 32.2. The minimum Gasteiger partial charge on any atom is -0.493 e. The van der Waals surface area contributed by atoms with E-state index in [-0.39, 0.29) is 17.2 Å². The van der Waals surface area contributed by atoms with Crippen LogP contribution in [0.4, 0.5) is 0 Å². The maximum Gasteiger partial charge on any atom is 0.261 e. The maximum atomic E-state index is 12.7. The molecular weight excluding hydrogens is 312 g/mol. The van der Waals surface area contributed by atoms with Crippen LogP contribution < -0.4 is 15.0 Å². The van der Waals surface area contributed by atoms with Crippen LogP contribution in [0.25, 0.3) is 0 Å². The molecule has 1 aliphatic rings. The zero-order valence-corrected chi connectivity index (χ0v) is 13.1. The Morgan fingerprint density at radius 1 is 1.32 bits per heavy atom. The third-order valence-corrected chi connectivity index (χ3v) is 5.48. The number of sulfonamides is 1. The van der Waals surface area contributed by atoms with Crippen molar-refractivity contribution in [1.29, 1.82) is 0 Å². The molecule has 8 nitrogen and oxygen atoms in total. The Bertz CT molecular complexity index is 660.